The molecule has 2 N–H and O–H groups in total. The van der Waals surface area contributed by atoms with Gasteiger partial charge in [0.05, 0.1) is 6.26 Å². The molecule has 0 aromatic carbocycles. The first-order valence-electron chi connectivity index (χ1n) is 5.29. The fourth-order valence-corrected chi connectivity index (χ4v) is 1.70. The standard InChI is InChI=1S/C11H16N2O2/c1-8-4-7-15-10(8)11(14)13(6-5-12)9-2-3-9/h4,7,9H,2-3,5-6,12H2,1H3. The summed E-state index contributed by atoms with van der Waals surface area (Å²) in [5.74, 6) is 0.431. The van der Waals surface area contributed by atoms with Crippen LogP contribution in [0.1, 0.15) is 29.0 Å². The number of carbonyl (C=O) groups is 1. The zero-order valence-corrected chi connectivity index (χ0v) is 8.90. The van der Waals surface area contributed by atoms with E-state index in [1.807, 2.05) is 11.8 Å². The van der Waals surface area contributed by atoms with Gasteiger partial charge in [0, 0.05) is 24.7 Å². The van der Waals surface area contributed by atoms with Crippen LogP contribution in [0.5, 0.6) is 0 Å². The summed E-state index contributed by atoms with van der Waals surface area (Å²) >= 11 is 0. The molecule has 0 unspecified atom stereocenters. The highest BCUT2D eigenvalue weighted by atomic mass is 16.3. The van der Waals surface area contributed by atoms with E-state index in [0.29, 0.717) is 24.9 Å². The third-order valence-electron chi connectivity index (χ3n) is 2.67. The van der Waals surface area contributed by atoms with Gasteiger partial charge < -0.3 is 15.1 Å². The maximum absolute atomic E-state index is 12.1. The first-order valence-corrected chi connectivity index (χ1v) is 5.29. The van der Waals surface area contributed by atoms with Crippen LogP contribution in [0.25, 0.3) is 0 Å². The quantitative estimate of drug-likeness (QED) is 0.807. The van der Waals surface area contributed by atoms with Crippen molar-refractivity contribution in [3.05, 3.63) is 23.7 Å². The molecule has 4 nitrogen and oxygen atoms in total. The summed E-state index contributed by atoms with van der Waals surface area (Å²) in [7, 11) is 0. The fraction of sp³-hybridized carbons (Fsp3) is 0.545. The van der Waals surface area contributed by atoms with E-state index < -0.39 is 0 Å². The van der Waals surface area contributed by atoms with Crippen LogP contribution >= 0.6 is 0 Å². The lowest BCUT2D eigenvalue weighted by Gasteiger charge is -2.20. The molecule has 0 atom stereocenters. The van der Waals surface area contributed by atoms with Crippen molar-refractivity contribution in [1.29, 1.82) is 0 Å². The van der Waals surface area contributed by atoms with Crippen LogP contribution in [0.2, 0.25) is 0 Å². The number of rotatable bonds is 4. The van der Waals surface area contributed by atoms with Gasteiger partial charge in [0.15, 0.2) is 5.76 Å². The molecule has 15 heavy (non-hydrogen) atoms. The molecule has 0 saturated heterocycles. The summed E-state index contributed by atoms with van der Waals surface area (Å²) in [5, 5.41) is 0. The van der Waals surface area contributed by atoms with E-state index in [1.165, 1.54) is 0 Å². The Morgan fingerprint density at radius 2 is 2.40 bits per heavy atom. The Hall–Kier alpha value is -1.29. The highest BCUT2D eigenvalue weighted by Gasteiger charge is 2.34. The van der Waals surface area contributed by atoms with Crippen LogP contribution in [-0.2, 0) is 0 Å². The minimum atomic E-state index is -0.0227. The van der Waals surface area contributed by atoms with Crippen LogP contribution in [0, 0.1) is 6.92 Å². The van der Waals surface area contributed by atoms with Crippen molar-refractivity contribution < 1.29 is 9.21 Å². The molecule has 1 amide bonds. The minimum absolute atomic E-state index is 0.0227. The van der Waals surface area contributed by atoms with E-state index in [4.69, 9.17) is 10.2 Å². The molecule has 2 rings (SSSR count). The molecule has 1 saturated carbocycles. The van der Waals surface area contributed by atoms with Crippen LogP contribution in [0.15, 0.2) is 16.7 Å². The van der Waals surface area contributed by atoms with Gasteiger partial charge in [-0.25, -0.2) is 0 Å². The normalized spacial score (nSPS) is 15.3. The van der Waals surface area contributed by atoms with Crippen LogP contribution in [0.4, 0.5) is 0 Å². The van der Waals surface area contributed by atoms with E-state index in [0.717, 1.165) is 18.4 Å². The number of hydrogen-bond acceptors (Lipinski definition) is 3. The van der Waals surface area contributed by atoms with E-state index in [9.17, 15) is 4.79 Å². The Bertz CT molecular complexity index is 355. The Labute approximate surface area is 89.0 Å². The van der Waals surface area contributed by atoms with Crippen molar-refractivity contribution in [3.8, 4) is 0 Å². The number of aryl methyl sites for hydroxylation is 1. The summed E-state index contributed by atoms with van der Waals surface area (Å²) in [6.45, 7) is 3.00. The highest BCUT2D eigenvalue weighted by molar-refractivity contribution is 5.93. The Kier molecular flexibility index (Phi) is 2.77. The second-order valence-corrected chi connectivity index (χ2v) is 3.95. The molecule has 1 aliphatic rings. The van der Waals surface area contributed by atoms with Gasteiger partial charge in [-0.3, -0.25) is 4.79 Å². The third-order valence-corrected chi connectivity index (χ3v) is 2.67. The number of carbonyl (C=O) groups excluding carboxylic acids is 1. The van der Waals surface area contributed by atoms with Gasteiger partial charge in [0.2, 0.25) is 0 Å². The molecule has 1 aromatic heterocycles. The second-order valence-electron chi connectivity index (χ2n) is 3.95. The smallest absolute Gasteiger partial charge is 0.290 e. The molecule has 1 aliphatic carbocycles. The first kappa shape index (κ1) is 10.2. The van der Waals surface area contributed by atoms with Crippen molar-refractivity contribution in [2.24, 2.45) is 5.73 Å². The number of nitrogens with two attached hydrogens (primary N) is 1. The van der Waals surface area contributed by atoms with Gasteiger partial charge in [-0.15, -0.1) is 0 Å². The van der Waals surface area contributed by atoms with Crippen LogP contribution < -0.4 is 5.73 Å². The predicted molar refractivity (Wildman–Crippen MR) is 56.6 cm³/mol. The van der Waals surface area contributed by atoms with Gasteiger partial charge in [-0.1, -0.05) is 0 Å². The summed E-state index contributed by atoms with van der Waals surface area (Å²) < 4.78 is 5.20. The molecular weight excluding hydrogens is 192 g/mol. The Balaban J connectivity index is 2.14. The number of furan rings is 1. The maximum Gasteiger partial charge on any atom is 0.290 e. The first-order chi connectivity index (χ1) is 7.24. The third kappa shape index (κ3) is 2.04. The maximum atomic E-state index is 12.1. The summed E-state index contributed by atoms with van der Waals surface area (Å²) in [4.78, 5) is 13.9. The van der Waals surface area contributed by atoms with E-state index in [2.05, 4.69) is 0 Å². The van der Waals surface area contributed by atoms with Gasteiger partial charge in [0.25, 0.3) is 5.91 Å². The molecule has 1 fully saturated rings. The lowest BCUT2D eigenvalue weighted by molar-refractivity contribution is 0.0715. The monoisotopic (exact) mass is 208 g/mol. The van der Waals surface area contributed by atoms with Crippen molar-refractivity contribution in [3.63, 3.8) is 0 Å². The van der Waals surface area contributed by atoms with Crippen LogP contribution in [0.3, 0.4) is 0 Å². The zero-order valence-electron chi connectivity index (χ0n) is 8.90. The SMILES string of the molecule is Cc1ccoc1C(=O)N(CCN)C1CC1. The lowest BCUT2D eigenvalue weighted by Crippen LogP contribution is -2.37. The average molecular weight is 208 g/mol. The highest BCUT2D eigenvalue weighted by Crippen LogP contribution is 2.28. The largest absolute Gasteiger partial charge is 0.459 e. The Morgan fingerprint density at radius 3 is 2.87 bits per heavy atom. The zero-order chi connectivity index (χ0) is 10.8. The van der Waals surface area contributed by atoms with E-state index in [-0.39, 0.29) is 5.91 Å². The predicted octanol–water partition coefficient (Wildman–Crippen LogP) is 1.15. The van der Waals surface area contributed by atoms with Gasteiger partial charge in [0.1, 0.15) is 0 Å². The molecule has 1 aromatic rings. The summed E-state index contributed by atoms with van der Waals surface area (Å²) in [6, 6.07) is 2.19. The van der Waals surface area contributed by atoms with Crippen molar-refractivity contribution >= 4 is 5.91 Å². The molecule has 0 bridgehead atoms. The molecule has 82 valence electrons. The molecule has 0 aliphatic heterocycles. The summed E-state index contributed by atoms with van der Waals surface area (Å²) in [6.07, 6.45) is 3.73. The topological polar surface area (TPSA) is 59.5 Å². The van der Waals surface area contributed by atoms with E-state index >= 15 is 0 Å². The van der Waals surface area contributed by atoms with Gasteiger partial charge in [-0.05, 0) is 25.8 Å². The number of amides is 1. The second kappa shape index (κ2) is 4.06. The van der Waals surface area contributed by atoms with Crippen molar-refractivity contribution in [1.82, 2.24) is 4.90 Å². The number of nitrogens with zero attached hydrogens (tertiary/aromatic N) is 1. The van der Waals surface area contributed by atoms with Crippen molar-refractivity contribution in [2.45, 2.75) is 25.8 Å². The van der Waals surface area contributed by atoms with Gasteiger partial charge >= 0.3 is 0 Å². The summed E-state index contributed by atoms with van der Waals surface area (Å²) in [5.41, 5.74) is 6.39. The molecule has 0 spiro atoms. The number of hydrogen-bond donors (Lipinski definition) is 1. The molecule has 4 heteroatoms. The van der Waals surface area contributed by atoms with Crippen molar-refractivity contribution in [2.75, 3.05) is 13.1 Å². The minimum Gasteiger partial charge on any atom is -0.459 e. The molecule has 1 heterocycles. The Morgan fingerprint density at radius 1 is 1.67 bits per heavy atom. The lowest BCUT2D eigenvalue weighted by atomic mass is 10.2. The molecular formula is C11H16N2O2. The van der Waals surface area contributed by atoms with Crippen LogP contribution in [-0.4, -0.2) is 29.9 Å². The molecule has 0 radical (unpaired) electrons. The van der Waals surface area contributed by atoms with E-state index in [1.54, 1.807) is 12.3 Å². The fourth-order valence-electron chi connectivity index (χ4n) is 1.70. The average Bonchev–Trinajstić information content (AvgIpc) is 2.97. The van der Waals surface area contributed by atoms with Gasteiger partial charge in [-0.2, -0.15) is 0 Å².